The number of pyridine rings is 2. The second-order valence-corrected chi connectivity index (χ2v) is 12.8. The van der Waals surface area contributed by atoms with Crippen LogP contribution in [0.4, 0.5) is 37.7 Å². The third-order valence-corrected chi connectivity index (χ3v) is 7.53. The van der Waals surface area contributed by atoms with Crippen molar-refractivity contribution in [3.05, 3.63) is 108 Å². The van der Waals surface area contributed by atoms with Crippen molar-refractivity contribution in [2.45, 2.75) is 38.0 Å². The molecule has 0 radical (unpaired) electrons. The minimum Gasteiger partial charge on any atom is -0.741 e. The number of nitrogens with zero attached hydrogens (tertiary/aromatic N) is 4. The van der Waals surface area contributed by atoms with Gasteiger partial charge >= 0.3 is 28.1 Å². The molecule has 0 saturated heterocycles. The van der Waals surface area contributed by atoms with E-state index in [0.717, 1.165) is 24.5 Å². The molecule has 10 nitrogen and oxygen atoms in total. The summed E-state index contributed by atoms with van der Waals surface area (Å²) >= 11 is 0. The molecule has 2 aromatic carbocycles. The Kier molecular flexibility index (Phi) is 15.7. The van der Waals surface area contributed by atoms with E-state index in [4.69, 9.17) is 25.9 Å². The molecule has 0 N–H and O–H groups in total. The van der Waals surface area contributed by atoms with E-state index >= 15 is 0 Å². The zero-order chi connectivity index (χ0) is 36.5. The Labute approximate surface area is 290 Å². The summed E-state index contributed by atoms with van der Waals surface area (Å²) in [6, 6.07) is 25.2. The number of hydrogen-bond acceptors (Lipinski definition) is 10. The van der Waals surface area contributed by atoms with E-state index in [2.05, 4.69) is 96.2 Å². The van der Waals surface area contributed by atoms with Crippen LogP contribution in [-0.2, 0) is 50.4 Å². The summed E-state index contributed by atoms with van der Waals surface area (Å²) in [5.41, 5.74) is -1.71. The fourth-order valence-electron chi connectivity index (χ4n) is 4.23. The van der Waals surface area contributed by atoms with Gasteiger partial charge in [0, 0.05) is 49.0 Å². The van der Waals surface area contributed by atoms with Crippen molar-refractivity contribution < 1.29 is 69.4 Å². The second-order valence-electron chi connectivity index (χ2n) is 10.1. The van der Waals surface area contributed by atoms with Gasteiger partial charge in [-0.2, -0.15) is 26.3 Å². The van der Waals surface area contributed by atoms with Gasteiger partial charge in [-0.15, -0.1) is 0 Å². The molecule has 19 heteroatoms. The van der Waals surface area contributed by atoms with Crippen LogP contribution in [0.3, 0.4) is 0 Å². The predicted molar refractivity (Wildman–Crippen MR) is 166 cm³/mol. The van der Waals surface area contributed by atoms with E-state index in [9.17, 15) is 26.3 Å². The number of rotatable bonds is 7. The molecule has 4 rings (SSSR count). The molecular formula is C30H30F6FeN4O6S2+2. The minimum atomic E-state index is -6.09. The molecule has 0 bridgehead atoms. The van der Waals surface area contributed by atoms with Gasteiger partial charge in [0.2, 0.25) is 0 Å². The van der Waals surface area contributed by atoms with E-state index in [1.165, 1.54) is 33.6 Å². The predicted octanol–water partition coefficient (Wildman–Crippen LogP) is 6.13. The van der Waals surface area contributed by atoms with Crippen molar-refractivity contribution in [1.29, 1.82) is 0 Å². The summed E-state index contributed by atoms with van der Waals surface area (Å²) in [6.07, 6.45) is 3.71. The summed E-state index contributed by atoms with van der Waals surface area (Å²) in [7, 11) is -7.90. The monoisotopic (exact) mass is 776 g/mol. The Morgan fingerprint density at radius 2 is 0.898 bits per heavy atom. The normalized spacial score (nSPS) is 11.6. The zero-order valence-electron chi connectivity index (χ0n) is 26.2. The average Bonchev–Trinajstić information content (AvgIpc) is 2.97. The first-order valence-electron chi connectivity index (χ1n) is 13.5. The van der Waals surface area contributed by atoms with Crippen molar-refractivity contribution in [3.63, 3.8) is 0 Å². The summed E-state index contributed by atoms with van der Waals surface area (Å²) in [6.45, 7) is 5.90. The van der Waals surface area contributed by atoms with Gasteiger partial charge in [0.05, 0.1) is 24.5 Å². The summed E-state index contributed by atoms with van der Waals surface area (Å²) < 4.78 is 118. The first kappa shape index (κ1) is 43.3. The number of aromatic nitrogens is 2. The van der Waals surface area contributed by atoms with Gasteiger partial charge in [0.25, 0.3) is 0 Å². The van der Waals surface area contributed by atoms with Crippen LogP contribution in [0.25, 0.3) is 11.1 Å². The van der Waals surface area contributed by atoms with Gasteiger partial charge in [-0.05, 0) is 61.4 Å². The third kappa shape index (κ3) is 12.9. The van der Waals surface area contributed by atoms with Gasteiger partial charge in [-0.3, -0.25) is 9.97 Å². The van der Waals surface area contributed by atoms with Crippen molar-refractivity contribution in [1.82, 2.24) is 9.97 Å². The standard InChI is InChI=1S/C28H30N4.2CHF3O3S.Fe/c1-21-11-9-15-25(31(3)19-23-13-5-7-17-29-23)27(21)28-22(2)12-10-16-26(28)32(4)20-24-14-6-8-18-30-24;2*2-1(3,4)8(5,6)7;/h5-18H,19-20H2,1-4H3;2*(H,5,6,7);/q;;;+4/p-2. The molecule has 0 saturated carbocycles. The molecule has 0 atom stereocenters. The van der Waals surface area contributed by atoms with Crippen molar-refractivity contribution in [2.75, 3.05) is 23.9 Å². The zero-order valence-corrected chi connectivity index (χ0v) is 28.9. The van der Waals surface area contributed by atoms with Crippen LogP contribution < -0.4 is 9.80 Å². The van der Waals surface area contributed by atoms with E-state index in [0.29, 0.717) is 0 Å². The molecule has 2 heterocycles. The fraction of sp³-hybridized carbons (Fsp3) is 0.267. The molecule has 0 aliphatic heterocycles. The average molecular weight is 777 g/mol. The topological polar surface area (TPSA) is 147 Å². The van der Waals surface area contributed by atoms with Gasteiger partial charge in [0.15, 0.2) is 20.2 Å². The number of benzene rings is 2. The van der Waals surface area contributed by atoms with E-state index < -0.39 is 31.3 Å². The quantitative estimate of drug-likeness (QED) is 0.0930. The number of hydrogen-bond donors (Lipinski definition) is 0. The minimum absolute atomic E-state index is 0. The maximum atomic E-state index is 10.7. The number of aryl methyl sites for hydroxylation is 2. The van der Waals surface area contributed by atoms with Gasteiger partial charge in [0.1, 0.15) is 0 Å². The Morgan fingerprint density at radius 1 is 0.592 bits per heavy atom. The summed E-state index contributed by atoms with van der Waals surface area (Å²) in [5.74, 6) is 0. The van der Waals surface area contributed by atoms with Crippen molar-refractivity contribution in [3.8, 4) is 11.1 Å². The van der Waals surface area contributed by atoms with Crippen LogP contribution in [-0.4, -0.2) is 61.0 Å². The summed E-state index contributed by atoms with van der Waals surface area (Å²) in [5, 5.41) is 0. The van der Waals surface area contributed by atoms with Crippen LogP contribution in [0.15, 0.2) is 85.2 Å². The molecule has 0 fully saturated rings. The molecule has 4 aromatic rings. The van der Waals surface area contributed by atoms with Crippen LogP contribution in [0.5, 0.6) is 0 Å². The van der Waals surface area contributed by atoms with E-state index in [1.807, 2.05) is 36.7 Å². The van der Waals surface area contributed by atoms with Crippen LogP contribution in [0.2, 0.25) is 0 Å². The smallest absolute Gasteiger partial charge is 0.741 e. The molecular weight excluding hydrogens is 746 g/mol. The molecule has 0 amide bonds. The first-order chi connectivity index (χ1) is 22.0. The van der Waals surface area contributed by atoms with E-state index in [1.54, 1.807) is 0 Å². The molecule has 0 unspecified atom stereocenters. The molecule has 2 aromatic heterocycles. The maximum Gasteiger partial charge on any atom is 4.00 e. The van der Waals surface area contributed by atoms with Gasteiger partial charge in [-0.25, -0.2) is 16.8 Å². The van der Waals surface area contributed by atoms with Crippen LogP contribution in [0.1, 0.15) is 22.5 Å². The molecule has 0 aliphatic rings. The number of anilines is 2. The largest absolute Gasteiger partial charge is 4.00 e. The Hall–Kier alpha value is -3.74. The van der Waals surface area contributed by atoms with Crippen LogP contribution >= 0.6 is 0 Å². The maximum absolute atomic E-state index is 10.7. The Balaban J connectivity index is 0.000000588. The van der Waals surface area contributed by atoms with Gasteiger partial charge in [-0.1, -0.05) is 36.4 Å². The summed E-state index contributed by atoms with van der Waals surface area (Å²) in [4.78, 5) is 13.6. The number of alkyl halides is 6. The Bertz CT molecular complexity index is 1730. The van der Waals surface area contributed by atoms with Crippen LogP contribution in [0, 0.1) is 13.8 Å². The van der Waals surface area contributed by atoms with Gasteiger partial charge < -0.3 is 18.9 Å². The molecule has 266 valence electrons. The fourth-order valence-corrected chi connectivity index (χ4v) is 4.23. The number of halogens is 6. The molecule has 0 aliphatic carbocycles. The van der Waals surface area contributed by atoms with Crippen molar-refractivity contribution in [2.24, 2.45) is 0 Å². The molecule has 0 spiro atoms. The first-order valence-corrected chi connectivity index (χ1v) is 16.3. The third-order valence-electron chi connectivity index (χ3n) is 6.39. The van der Waals surface area contributed by atoms with Crippen molar-refractivity contribution >= 4 is 31.6 Å². The van der Waals surface area contributed by atoms with E-state index in [-0.39, 0.29) is 17.1 Å². The Morgan fingerprint density at radius 3 is 1.14 bits per heavy atom. The molecule has 49 heavy (non-hydrogen) atoms. The SMILES string of the molecule is Cc1cccc(N(C)Cc2ccccn2)c1-c1c(C)cccc1N(C)Cc1ccccn1.O=S(=O)([O-])C(F)(F)F.O=S(=O)([O-])C(F)(F)F.[Fe+4]. The second kappa shape index (κ2) is 17.8.